The van der Waals surface area contributed by atoms with Crippen molar-refractivity contribution in [1.29, 1.82) is 0 Å². The molecule has 138 valence electrons. The molecule has 1 aliphatic carbocycles. The summed E-state index contributed by atoms with van der Waals surface area (Å²) in [6.07, 6.45) is 4.85. The van der Waals surface area contributed by atoms with Crippen molar-refractivity contribution in [3.8, 4) is 0 Å². The average molecular weight is 353 g/mol. The number of hydrogen-bond donors (Lipinski definition) is 1. The first-order chi connectivity index (χ1) is 12.3. The van der Waals surface area contributed by atoms with Crippen molar-refractivity contribution < 1.29 is 9.59 Å². The van der Waals surface area contributed by atoms with Gasteiger partial charge in [0, 0.05) is 42.3 Å². The maximum Gasteiger partial charge on any atom is 0.255 e. The van der Waals surface area contributed by atoms with Gasteiger partial charge in [0.15, 0.2) is 0 Å². The fourth-order valence-corrected chi connectivity index (χ4v) is 4.08. The van der Waals surface area contributed by atoms with E-state index in [2.05, 4.69) is 26.1 Å². The minimum absolute atomic E-state index is 0.00511. The molecule has 2 aromatic rings. The van der Waals surface area contributed by atoms with Crippen LogP contribution in [0.2, 0.25) is 0 Å². The number of rotatable bonds is 3. The predicted octanol–water partition coefficient (Wildman–Crippen LogP) is 2.87. The van der Waals surface area contributed by atoms with Gasteiger partial charge in [0.25, 0.3) is 5.91 Å². The molecule has 0 bridgehead atoms. The third-order valence-corrected chi connectivity index (χ3v) is 6.09. The van der Waals surface area contributed by atoms with Crippen LogP contribution in [-0.2, 0) is 4.79 Å². The third kappa shape index (κ3) is 2.89. The Labute approximate surface area is 154 Å². The molecule has 3 atom stereocenters. The van der Waals surface area contributed by atoms with Gasteiger partial charge in [-0.2, -0.15) is 0 Å². The minimum Gasteiger partial charge on any atom is -0.351 e. The number of nitrogens with one attached hydrogen (secondary N) is 1. The molecule has 4 rings (SSSR count). The van der Waals surface area contributed by atoms with Gasteiger partial charge in [0.2, 0.25) is 5.91 Å². The van der Waals surface area contributed by atoms with Crippen LogP contribution in [-0.4, -0.2) is 40.2 Å². The van der Waals surface area contributed by atoms with Gasteiger partial charge in [-0.15, -0.1) is 0 Å². The zero-order chi connectivity index (χ0) is 18.6. The van der Waals surface area contributed by atoms with E-state index in [1.807, 2.05) is 46.8 Å². The molecule has 0 aromatic carbocycles. The lowest BCUT2D eigenvalue weighted by Gasteiger charge is -2.26. The zero-order valence-electron chi connectivity index (χ0n) is 16.0. The fraction of sp³-hybridized carbons (Fsp3) is 0.524. The summed E-state index contributed by atoms with van der Waals surface area (Å²) < 4.78 is 2.00. The molecule has 3 unspecified atom stereocenters. The Hall–Kier alpha value is -2.30. The van der Waals surface area contributed by atoms with Crippen molar-refractivity contribution in [3.63, 3.8) is 0 Å². The highest BCUT2D eigenvalue weighted by Crippen LogP contribution is 2.39. The molecule has 1 aliphatic heterocycles. The molecule has 2 aliphatic rings. The van der Waals surface area contributed by atoms with Gasteiger partial charge in [-0.25, -0.2) is 0 Å². The zero-order valence-corrected chi connectivity index (χ0v) is 16.0. The van der Waals surface area contributed by atoms with Crippen LogP contribution in [0.25, 0.3) is 5.52 Å². The summed E-state index contributed by atoms with van der Waals surface area (Å²) >= 11 is 0. The van der Waals surface area contributed by atoms with E-state index in [0.29, 0.717) is 24.6 Å². The minimum atomic E-state index is -0.126. The number of pyridine rings is 1. The average Bonchev–Trinajstić information content (AvgIpc) is 3.02. The Bertz CT molecular complexity index is 883. The highest BCUT2D eigenvalue weighted by Gasteiger charge is 2.45. The molecule has 3 heterocycles. The summed E-state index contributed by atoms with van der Waals surface area (Å²) in [5.41, 5.74) is 2.79. The van der Waals surface area contributed by atoms with E-state index in [1.54, 1.807) is 0 Å². The van der Waals surface area contributed by atoms with E-state index in [-0.39, 0.29) is 29.2 Å². The van der Waals surface area contributed by atoms with E-state index in [4.69, 9.17) is 0 Å². The Balaban J connectivity index is 1.51. The molecule has 1 N–H and O–H groups in total. The largest absolute Gasteiger partial charge is 0.351 e. The van der Waals surface area contributed by atoms with Gasteiger partial charge in [-0.3, -0.25) is 9.59 Å². The van der Waals surface area contributed by atoms with E-state index >= 15 is 0 Å². The second-order valence-electron chi connectivity index (χ2n) is 8.77. The van der Waals surface area contributed by atoms with Crippen LogP contribution in [0.15, 0.2) is 30.6 Å². The summed E-state index contributed by atoms with van der Waals surface area (Å²) in [6.45, 7) is 9.64. The van der Waals surface area contributed by atoms with Crippen molar-refractivity contribution in [2.75, 3.05) is 13.1 Å². The topological polar surface area (TPSA) is 53.8 Å². The lowest BCUT2D eigenvalue weighted by atomic mass is 9.87. The summed E-state index contributed by atoms with van der Waals surface area (Å²) in [6, 6.07) is 6.00. The number of carbonyl (C=O) groups excluding carboxylic acids is 2. The Kier molecular flexibility index (Phi) is 3.86. The van der Waals surface area contributed by atoms with Crippen LogP contribution in [0, 0.1) is 24.2 Å². The van der Waals surface area contributed by atoms with Crippen LogP contribution in [0.5, 0.6) is 0 Å². The van der Waals surface area contributed by atoms with Crippen LogP contribution < -0.4 is 5.32 Å². The number of aryl methyl sites for hydroxylation is 1. The van der Waals surface area contributed by atoms with E-state index in [0.717, 1.165) is 17.5 Å². The molecule has 1 saturated heterocycles. The highest BCUT2D eigenvalue weighted by molar-refractivity contribution is 5.96. The number of amides is 2. The van der Waals surface area contributed by atoms with E-state index in [1.165, 1.54) is 0 Å². The molecule has 1 saturated carbocycles. The molecule has 0 spiro atoms. The fourth-order valence-electron chi connectivity index (χ4n) is 4.08. The Morgan fingerprint density at radius 2 is 2.04 bits per heavy atom. The first-order valence-electron chi connectivity index (χ1n) is 9.43. The molecule has 5 nitrogen and oxygen atoms in total. The summed E-state index contributed by atoms with van der Waals surface area (Å²) in [5.74, 6) is 0.845. The molecular weight excluding hydrogens is 326 g/mol. The lowest BCUT2D eigenvalue weighted by molar-refractivity contribution is -0.123. The van der Waals surface area contributed by atoms with E-state index < -0.39 is 0 Å². The van der Waals surface area contributed by atoms with E-state index in [9.17, 15) is 9.59 Å². The molecule has 2 amide bonds. The molecule has 0 radical (unpaired) electrons. The first kappa shape index (κ1) is 17.1. The number of nitrogens with zero attached hydrogens (tertiary/aromatic N) is 2. The third-order valence-electron chi connectivity index (χ3n) is 6.09. The van der Waals surface area contributed by atoms with Gasteiger partial charge < -0.3 is 14.6 Å². The summed E-state index contributed by atoms with van der Waals surface area (Å²) in [4.78, 5) is 27.3. The maximum atomic E-state index is 13.0. The van der Waals surface area contributed by atoms with Crippen molar-refractivity contribution >= 4 is 17.3 Å². The van der Waals surface area contributed by atoms with Crippen LogP contribution >= 0.6 is 0 Å². The first-order valence-corrected chi connectivity index (χ1v) is 9.43. The number of fused-ring (bicyclic) bond motifs is 1. The summed E-state index contributed by atoms with van der Waals surface area (Å²) in [7, 11) is 0. The van der Waals surface area contributed by atoms with Crippen molar-refractivity contribution in [1.82, 2.24) is 14.6 Å². The normalized spacial score (nSPS) is 26.9. The number of likely N-dealkylation sites (tertiary alicyclic amines) is 1. The highest BCUT2D eigenvalue weighted by atomic mass is 16.2. The smallest absolute Gasteiger partial charge is 0.255 e. The molecular formula is C21H27N3O2. The molecule has 2 aromatic heterocycles. The van der Waals surface area contributed by atoms with Crippen LogP contribution in [0.3, 0.4) is 0 Å². The Morgan fingerprint density at radius 3 is 2.69 bits per heavy atom. The number of aromatic nitrogens is 1. The number of hydrogen-bond acceptors (Lipinski definition) is 2. The van der Waals surface area contributed by atoms with Gasteiger partial charge in [-0.1, -0.05) is 26.8 Å². The second-order valence-corrected chi connectivity index (χ2v) is 8.77. The summed E-state index contributed by atoms with van der Waals surface area (Å²) in [5, 5.41) is 3.20. The monoisotopic (exact) mass is 353 g/mol. The standard InChI is InChI=1S/C21H27N3O2/c1-13-6-5-7-23-10-15(9-17(13)23)20(26)24-11-18(21(3,4)12-24)22-19(25)16-8-14(16)2/h5-7,9-10,14,16,18H,8,11-12H2,1-4H3,(H,22,25). The van der Waals surface area contributed by atoms with Crippen LogP contribution in [0.4, 0.5) is 0 Å². The molecule has 26 heavy (non-hydrogen) atoms. The van der Waals surface area contributed by atoms with Crippen LogP contribution in [0.1, 0.15) is 43.1 Å². The lowest BCUT2D eigenvalue weighted by Crippen LogP contribution is -2.45. The predicted molar refractivity (Wildman–Crippen MR) is 101 cm³/mol. The Morgan fingerprint density at radius 1 is 1.31 bits per heavy atom. The molecule has 2 fully saturated rings. The van der Waals surface area contributed by atoms with Gasteiger partial charge in [0.05, 0.1) is 11.6 Å². The maximum absolute atomic E-state index is 13.0. The van der Waals surface area contributed by atoms with Gasteiger partial charge >= 0.3 is 0 Å². The number of carbonyl (C=O) groups is 2. The molecule has 5 heteroatoms. The quantitative estimate of drug-likeness (QED) is 0.922. The SMILES string of the molecule is Cc1cccn2cc(C(=O)N3CC(NC(=O)C4CC4C)C(C)(C)C3)cc12. The van der Waals surface area contributed by atoms with Crippen molar-refractivity contribution in [2.24, 2.45) is 17.3 Å². The van der Waals surface area contributed by atoms with Crippen molar-refractivity contribution in [2.45, 2.75) is 40.2 Å². The second kappa shape index (κ2) is 5.86. The van der Waals surface area contributed by atoms with Gasteiger partial charge in [0.1, 0.15) is 0 Å². The van der Waals surface area contributed by atoms with Crippen molar-refractivity contribution in [3.05, 3.63) is 41.7 Å². The van der Waals surface area contributed by atoms with Gasteiger partial charge in [-0.05, 0) is 37.0 Å².